The van der Waals surface area contributed by atoms with Crippen LogP contribution in [0.25, 0.3) is 0 Å². The summed E-state index contributed by atoms with van der Waals surface area (Å²) in [7, 11) is -2.97. The summed E-state index contributed by atoms with van der Waals surface area (Å²) in [5, 5.41) is 6.08. The van der Waals surface area contributed by atoms with E-state index < -0.39 is 9.84 Å². The van der Waals surface area contributed by atoms with Crippen LogP contribution in [-0.2, 0) is 14.6 Å². The molecule has 2 aliphatic heterocycles. The number of likely N-dealkylation sites (tertiary alicyclic amines) is 1. The van der Waals surface area contributed by atoms with Crippen molar-refractivity contribution >= 4 is 15.7 Å². The minimum atomic E-state index is -2.97. The SMILES string of the molecule is CCN1CCC(CNC(=O)CC2CS(=O)(=O)CCN2)CC1. The number of piperidine rings is 1. The van der Waals surface area contributed by atoms with Crippen LogP contribution in [0.5, 0.6) is 0 Å². The van der Waals surface area contributed by atoms with E-state index in [2.05, 4.69) is 22.5 Å². The summed E-state index contributed by atoms with van der Waals surface area (Å²) in [6.45, 7) is 6.67. The van der Waals surface area contributed by atoms with Gasteiger partial charge in [-0.05, 0) is 38.4 Å². The molecule has 0 aromatic carbocycles. The predicted molar refractivity (Wildman–Crippen MR) is 82.9 cm³/mol. The molecule has 21 heavy (non-hydrogen) atoms. The molecule has 7 heteroatoms. The maximum absolute atomic E-state index is 11.9. The lowest BCUT2D eigenvalue weighted by atomic mass is 9.97. The van der Waals surface area contributed by atoms with Crippen molar-refractivity contribution in [2.45, 2.75) is 32.2 Å². The number of carbonyl (C=O) groups excluding carboxylic acids is 1. The molecule has 6 nitrogen and oxygen atoms in total. The topological polar surface area (TPSA) is 78.5 Å². The average molecular weight is 317 g/mol. The molecular weight excluding hydrogens is 290 g/mol. The van der Waals surface area contributed by atoms with Gasteiger partial charge in [0.05, 0.1) is 11.5 Å². The van der Waals surface area contributed by atoms with Crippen LogP contribution in [0, 0.1) is 5.92 Å². The zero-order valence-corrected chi connectivity index (χ0v) is 13.6. The van der Waals surface area contributed by atoms with Gasteiger partial charge >= 0.3 is 0 Å². The lowest BCUT2D eigenvalue weighted by Crippen LogP contribution is -2.47. The fourth-order valence-corrected chi connectivity index (χ4v) is 4.50. The summed E-state index contributed by atoms with van der Waals surface area (Å²) in [5.41, 5.74) is 0. The van der Waals surface area contributed by atoms with Crippen LogP contribution in [-0.4, -0.2) is 69.5 Å². The van der Waals surface area contributed by atoms with E-state index in [1.807, 2.05) is 0 Å². The van der Waals surface area contributed by atoms with Crippen LogP contribution in [0.15, 0.2) is 0 Å². The highest BCUT2D eigenvalue weighted by molar-refractivity contribution is 7.91. The van der Waals surface area contributed by atoms with E-state index in [-0.39, 0.29) is 29.9 Å². The molecule has 0 saturated carbocycles. The molecule has 2 N–H and O–H groups in total. The Bertz CT molecular complexity index is 444. The molecule has 2 saturated heterocycles. The van der Waals surface area contributed by atoms with E-state index in [0.29, 0.717) is 12.5 Å². The van der Waals surface area contributed by atoms with Crippen LogP contribution in [0.2, 0.25) is 0 Å². The summed E-state index contributed by atoms with van der Waals surface area (Å²) in [4.78, 5) is 14.4. The molecule has 2 fully saturated rings. The third-order valence-electron chi connectivity index (χ3n) is 4.48. The smallest absolute Gasteiger partial charge is 0.221 e. The first-order chi connectivity index (χ1) is 9.98. The molecule has 0 spiro atoms. The second-order valence-electron chi connectivity index (χ2n) is 6.15. The standard InChI is InChI=1S/C14H27N3O3S/c1-2-17-6-3-12(4-7-17)10-16-14(18)9-13-11-21(19,20)8-5-15-13/h12-13,15H,2-11H2,1H3,(H,16,18). The highest BCUT2D eigenvalue weighted by atomic mass is 32.2. The van der Waals surface area contributed by atoms with Gasteiger partial charge in [-0.1, -0.05) is 6.92 Å². The van der Waals surface area contributed by atoms with Crippen molar-refractivity contribution < 1.29 is 13.2 Å². The van der Waals surface area contributed by atoms with E-state index in [0.717, 1.165) is 39.0 Å². The highest BCUT2D eigenvalue weighted by Gasteiger charge is 2.26. The Morgan fingerprint density at radius 2 is 2.05 bits per heavy atom. The summed E-state index contributed by atoms with van der Waals surface area (Å²) < 4.78 is 23.1. The van der Waals surface area contributed by atoms with Gasteiger partial charge in [-0.2, -0.15) is 0 Å². The number of nitrogens with one attached hydrogen (secondary N) is 2. The van der Waals surface area contributed by atoms with Crippen LogP contribution in [0.3, 0.4) is 0 Å². The molecular formula is C14H27N3O3S. The zero-order valence-electron chi connectivity index (χ0n) is 12.8. The Morgan fingerprint density at radius 3 is 2.67 bits per heavy atom. The summed E-state index contributed by atoms with van der Waals surface area (Å²) in [6, 6.07) is -0.231. The highest BCUT2D eigenvalue weighted by Crippen LogP contribution is 2.16. The van der Waals surface area contributed by atoms with E-state index in [1.165, 1.54) is 0 Å². The summed E-state index contributed by atoms with van der Waals surface area (Å²) in [5.74, 6) is 0.776. The number of rotatable bonds is 5. The molecule has 0 bridgehead atoms. The van der Waals surface area contributed by atoms with Crippen molar-refractivity contribution in [3.63, 3.8) is 0 Å². The molecule has 0 aromatic heterocycles. The Morgan fingerprint density at radius 1 is 1.33 bits per heavy atom. The third-order valence-corrected chi connectivity index (χ3v) is 6.21. The number of amides is 1. The number of nitrogens with zero attached hydrogens (tertiary/aromatic N) is 1. The fraction of sp³-hybridized carbons (Fsp3) is 0.929. The van der Waals surface area contributed by atoms with Gasteiger partial charge in [0.25, 0.3) is 0 Å². The molecule has 1 atom stereocenters. The number of sulfone groups is 1. The first-order valence-electron chi connectivity index (χ1n) is 7.91. The molecule has 0 aromatic rings. The third kappa shape index (κ3) is 5.56. The second-order valence-corrected chi connectivity index (χ2v) is 8.38. The predicted octanol–water partition coefficient (Wildman–Crippen LogP) is -0.389. The van der Waals surface area contributed by atoms with Crippen LogP contribution in [0.1, 0.15) is 26.2 Å². The van der Waals surface area contributed by atoms with E-state index >= 15 is 0 Å². The van der Waals surface area contributed by atoms with Crippen molar-refractivity contribution in [2.75, 3.05) is 44.2 Å². The van der Waals surface area contributed by atoms with E-state index in [1.54, 1.807) is 0 Å². The molecule has 0 aliphatic carbocycles. The normalized spacial score (nSPS) is 27.4. The van der Waals surface area contributed by atoms with Gasteiger partial charge in [-0.15, -0.1) is 0 Å². The molecule has 1 amide bonds. The van der Waals surface area contributed by atoms with Gasteiger partial charge in [-0.3, -0.25) is 4.79 Å². The van der Waals surface area contributed by atoms with Gasteiger partial charge in [0.15, 0.2) is 9.84 Å². The largest absolute Gasteiger partial charge is 0.356 e. The molecule has 2 heterocycles. The van der Waals surface area contributed by atoms with Gasteiger partial charge in [-0.25, -0.2) is 8.42 Å². The Labute approximate surface area is 127 Å². The molecule has 0 radical (unpaired) electrons. The van der Waals surface area contributed by atoms with Crippen molar-refractivity contribution in [2.24, 2.45) is 5.92 Å². The lowest BCUT2D eigenvalue weighted by molar-refractivity contribution is -0.121. The van der Waals surface area contributed by atoms with Gasteiger partial charge in [0, 0.05) is 25.6 Å². The van der Waals surface area contributed by atoms with E-state index in [9.17, 15) is 13.2 Å². The molecule has 2 rings (SSSR count). The van der Waals surface area contributed by atoms with Crippen LogP contribution in [0.4, 0.5) is 0 Å². The number of hydrogen-bond donors (Lipinski definition) is 2. The molecule has 2 aliphatic rings. The quantitative estimate of drug-likeness (QED) is 0.722. The van der Waals surface area contributed by atoms with Crippen molar-refractivity contribution in [1.29, 1.82) is 0 Å². The number of carbonyl (C=O) groups is 1. The average Bonchev–Trinajstić information content (AvgIpc) is 2.44. The zero-order chi connectivity index (χ0) is 15.3. The minimum Gasteiger partial charge on any atom is -0.356 e. The fourth-order valence-electron chi connectivity index (χ4n) is 3.06. The Kier molecular flexibility index (Phi) is 6.01. The lowest BCUT2D eigenvalue weighted by Gasteiger charge is -2.31. The van der Waals surface area contributed by atoms with E-state index in [4.69, 9.17) is 0 Å². The Balaban J connectivity index is 1.66. The van der Waals surface area contributed by atoms with Crippen LogP contribution < -0.4 is 10.6 Å². The Hall–Kier alpha value is -0.660. The first-order valence-corrected chi connectivity index (χ1v) is 9.73. The second kappa shape index (κ2) is 7.56. The number of hydrogen-bond acceptors (Lipinski definition) is 5. The first kappa shape index (κ1) is 16.7. The molecule has 1 unspecified atom stereocenters. The van der Waals surface area contributed by atoms with Gasteiger partial charge in [0.2, 0.25) is 5.91 Å². The minimum absolute atomic E-state index is 0.0393. The summed E-state index contributed by atoms with van der Waals surface area (Å²) >= 11 is 0. The van der Waals surface area contributed by atoms with Crippen molar-refractivity contribution in [3.8, 4) is 0 Å². The molecule has 122 valence electrons. The van der Waals surface area contributed by atoms with Crippen molar-refractivity contribution in [3.05, 3.63) is 0 Å². The summed E-state index contributed by atoms with van der Waals surface area (Å²) in [6.07, 6.45) is 2.52. The van der Waals surface area contributed by atoms with Gasteiger partial charge in [0.1, 0.15) is 0 Å². The maximum Gasteiger partial charge on any atom is 0.221 e. The van der Waals surface area contributed by atoms with Gasteiger partial charge < -0.3 is 15.5 Å². The maximum atomic E-state index is 11.9. The monoisotopic (exact) mass is 317 g/mol. The van der Waals surface area contributed by atoms with Crippen molar-refractivity contribution in [1.82, 2.24) is 15.5 Å². The van der Waals surface area contributed by atoms with Crippen LogP contribution >= 0.6 is 0 Å².